The van der Waals surface area contributed by atoms with Gasteiger partial charge in [0.1, 0.15) is 6.26 Å². The Morgan fingerprint density at radius 2 is 2.13 bits per heavy atom. The van der Waals surface area contributed by atoms with Crippen molar-refractivity contribution in [2.45, 2.75) is 37.6 Å². The van der Waals surface area contributed by atoms with E-state index in [1.54, 1.807) is 0 Å². The number of rotatable bonds is 3. The summed E-state index contributed by atoms with van der Waals surface area (Å²) in [4.78, 5) is 17.6. The molecule has 120 valence electrons. The number of nitrogens with zero attached hydrogens (tertiary/aromatic N) is 2. The van der Waals surface area contributed by atoms with Gasteiger partial charge in [-0.15, -0.1) is 0 Å². The van der Waals surface area contributed by atoms with Gasteiger partial charge in [-0.2, -0.15) is 0 Å². The van der Waals surface area contributed by atoms with Gasteiger partial charge < -0.3 is 14.4 Å². The number of anilines is 1. The van der Waals surface area contributed by atoms with Crippen LogP contribution in [0.3, 0.4) is 0 Å². The highest BCUT2D eigenvalue weighted by atomic mass is 35.5. The number of aromatic nitrogens is 1. The average molecular weight is 333 g/mol. The number of carboxylic acid groups (broad SMARTS) is 1. The van der Waals surface area contributed by atoms with Gasteiger partial charge in [-0.25, -0.2) is 9.78 Å². The second-order valence-corrected chi connectivity index (χ2v) is 6.66. The van der Waals surface area contributed by atoms with Crippen molar-refractivity contribution in [3.63, 3.8) is 0 Å². The molecule has 1 aromatic carbocycles. The lowest BCUT2D eigenvalue weighted by Crippen LogP contribution is -2.32. The Hall–Kier alpha value is -2.01. The minimum Gasteiger partial charge on any atom is -0.476 e. The van der Waals surface area contributed by atoms with Crippen LogP contribution < -0.4 is 4.90 Å². The topological polar surface area (TPSA) is 66.6 Å². The van der Waals surface area contributed by atoms with E-state index < -0.39 is 5.97 Å². The Balaban J connectivity index is 1.73. The zero-order valence-electron chi connectivity index (χ0n) is 12.5. The highest BCUT2D eigenvalue weighted by Crippen LogP contribution is 2.44. The molecule has 0 bridgehead atoms. The Kier molecular flexibility index (Phi) is 3.53. The molecule has 2 aliphatic rings. The zero-order chi connectivity index (χ0) is 16.0. The molecule has 1 aliphatic heterocycles. The monoisotopic (exact) mass is 332 g/mol. The number of oxazole rings is 1. The molecule has 1 saturated carbocycles. The summed E-state index contributed by atoms with van der Waals surface area (Å²) in [5.74, 6) is -0.694. The van der Waals surface area contributed by atoms with Crippen LogP contribution in [0.15, 0.2) is 28.9 Å². The Labute approximate surface area is 138 Å². The molecule has 2 heterocycles. The molecule has 23 heavy (non-hydrogen) atoms. The van der Waals surface area contributed by atoms with Gasteiger partial charge in [-0.05, 0) is 36.6 Å². The molecule has 1 aliphatic carbocycles. The first kappa shape index (κ1) is 14.6. The molecule has 1 N–H and O–H groups in total. The van der Waals surface area contributed by atoms with E-state index in [-0.39, 0.29) is 11.6 Å². The quantitative estimate of drug-likeness (QED) is 0.922. The first-order chi connectivity index (χ1) is 11.1. The van der Waals surface area contributed by atoms with Crippen LogP contribution in [0.25, 0.3) is 0 Å². The summed E-state index contributed by atoms with van der Waals surface area (Å²) in [5, 5.41) is 9.72. The second-order valence-electron chi connectivity index (χ2n) is 6.22. The lowest BCUT2D eigenvalue weighted by atomic mass is 10.0. The molecule has 0 radical (unpaired) electrons. The van der Waals surface area contributed by atoms with E-state index in [1.807, 2.05) is 12.1 Å². The minimum atomic E-state index is -1.07. The molecule has 0 saturated heterocycles. The number of aromatic carboxylic acids is 1. The van der Waals surface area contributed by atoms with Gasteiger partial charge in [0.2, 0.25) is 5.89 Å². The summed E-state index contributed by atoms with van der Waals surface area (Å²) in [6.45, 7) is 0.764. The zero-order valence-corrected chi connectivity index (χ0v) is 13.3. The predicted octanol–water partition coefficient (Wildman–Crippen LogP) is 3.92. The van der Waals surface area contributed by atoms with Crippen molar-refractivity contribution in [3.8, 4) is 0 Å². The van der Waals surface area contributed by atoms with Gasteiger partial charge in [-0.1, -0.05) is 24.4 Å². The van der Waals surface area contributed by atoms with Crippen LogP contribution in [0, 0.1) is 0 Å². The summed E-state index contributed by atoms with van der Waals surface area (Å²) < 4.78 is 5.46. The van der Waals surface area contributed by atoms with Gasteiger partial charge in [0.15, 0.2) is 5.69 Å². The average Bonchev–Trinajstić information content (AvgIpc) is 3.25. The number of hydrogen-bond donors (Lipinski definition) is 1. The van der Waals surface area contributed by atoms with Crippen LogP contribution in [0.4, 0.5) is 5.69 Å². The van der Waals surface area contributed by atoms with Crippen LogP contribution in [0.1, 0.15) is 53.5 Å². The van der Waals surface area contributed by atoms with E-state index >= 15 is 0 Å². The normalized spacial score (nSPS) is 20.9. The number of halogens is 1. The Morgan fingerprint density at radius 3 is 2.83 bits per heavy atom. The number of carboxylic acids is 1. The van der Waals surface area contributed by atoms with E-state index in [2.05, 4.69) is 16.0 Å². The fraction of sp³-hybridized carbons (Fsp3) is 0.412. The first-order valence-electron chi connectivity index (χ1n) is 7.88. The van der Waals surface area contributed by atoms with Crippen LogP contribution in [-0.2, 0) is 0 Å². The molecule has 1 aromatic heterocycles. The van der Waals surface area contributed by atoms with Crippen molar-refractivity contribution in [1.82, 2.24) is 4.98 Å². The molecule has 2 aromatic rings. The van der Waals surface area contributed by atoms with Crippen molar-refractivity contribution in [1.29, 1.82) is 0 Å². The molecule has 1 fully saturated rings. The number of hydrogen-bond acceptors (Lipinski definition) is 4. The maximum Gasteiger partial charge on any atom is 0.357 e. The van der Waals surface area contributed by atoms with Crippen molar-refractivity contribution in [2.75, 3.05) is 11.4 Å². The number of benzene rings is 1. The lowest BCUT2D eigenvalue weighted by Gasteiger charge is -2.27. The molecule has 0 amide bonds. The van der Waals surface area contributed by atoms with Gasteiger partial charge in [-0.3, -0.25) is 0 Å². The number of carbonyl (C=O) groups is 1. The first-order valence-corrected chi connectivity index (χ1v) is 8.26. The summed E-state index contributed by atoms with van der Waals surface area (Å²) in [7, 11) is 0. The smallest absolute Gasteiger partial charge is 0.357 e. The predicted molar refractivity (Wildman–Crippen MR) is 86.4 cm³/mol. The van der Waals surface area contributed by atoms with Crippen molar-refractivity contribution in [3.05, 3.63) is 46.6 Å². The van der Waals surface area contributed by atoms with Gasteiger partial charge in [0.05, 0.1) is 5.92 Å². The molecule has 6 heteroatoms. The minimum absolute atomic E-state index is 0.0529. The fourth-order valence-corrected chi connectivity index (χ4v) is 3.96. The van der Waals surface area contributed by atoms with E-state index in [0.29, 0.717) is 17.0 Å². The summed E-state index contributed by atoms with van der Waals surface area (Å²) in [5.41, 5.74) is 2.19. The van der Waals surface area contributed by atoms with E-state index in [9.17, 15) is 4.79 Å². The highest BCUT2D eigenvalue weighted by molar-refractivity contribution is 6.30. The maximum absolute atomic E-state index is 11.0. The van der Waals surface area contributed by atoms with Crippen LogP contribution in [0.2, 0.25) is 5.02 Å². The molecule has 0 spiro atoms. The molecular formula is C17H17ClN2O3. The molecule has 1 atom stereocenters. The van der Waals surface area contributed by atoms with E-state index in [4.69, 9.17) is 21.1 Å². The van der Waals surface area contributed by atoms with Crippen LogP contribution in [-0.4, -0.2) is 28.6 Å². The molecule has 5 nitrogen and oxygen atoms in total. The van der Waals surface area contributed by atoms with Gasteiger partial charge in [0.25, 0.3) is 0 Å². The maximum atomic E-state index is 11.0. The van der Waals surface area contributed by atoms with Gasteiger partial charge in [0, 0.05) is 23.3 Å². The summed E-state index contributed by atoms with van der Waals surface area (Å²) in [6, 6.07) is 6.44. The summed E-state index contributed by atoms with van der Waals surface area (Å²) >= 11 is 6.18. The summed E-state index contributed by atoms with van der Waals surface area (Å²) in [6.07, 6.45) is 6.12. The third-order valence-electron chi connectivity index (χ3n) is 4.86. The Bertz CT molecular complexity index is 752. The van der Waals surface area contributed by atoms with Gasteiger partial charge >= 0.3 is 5.97 Å². The standard InChI is InChI=1S/C17H17ClN2O3/c18-10-5-6-15-12(7-10)13(8-20(15)11-3-1-2-4-11)16-19-14(9-23-16)17(21)22/h5-7,9,11,13H,1-4,8H2,(H,21,22). The largest absolute Gasteiger partial charge is 0.476 e. The van der Waals surface area contributed by atoms with Crippen molar-refractivity contribution < 1.29 is 14.3 Å². The molecular weight excluding hydrogens is 316 g/mol. The highest BCUT2D eigenvalue weighted by Gasteiger charge is 2.37. The van der Waals surface area contributed by atoms with Crippen molar-refractivity contribution >= 4 is 23.3 Å². The SMILES string of the molecule is O=C(O)c1coc(C2CN(C3CCCC3)c3ccc(Cl)cc32)n1. The van der Waals surface area contributed by atoms with E-state index in [1.165, 1.54) is 37.6 Å². The second kappa shape index (κ2) is 5.57. The third-order valence-corrected chi connectivity index (χ3v) is 5.09. The Morgan fingerprint density at radius 1 is 1.35 bits per heavy atom. The van der Waals surface area contributed by atoms with E-state index in [0.717, 1.165) is 12.1 Å². The van der Waals surface area contributed by atoms with Crippen molar-refractivity contribution in [2.24, 2.45) is 0 Å². The third kappa shape index (κ3) is 2.49. The molecule has 1 unspecified atom stereocenters. The number of fused-ring (bicyclic) bond motifs is 1. The van der Waals surface area contributed by atoms with Crippen LogP contribution >= 0.6 is 11.6 Å². The fourth-order valence-electron chi connectivity index (χ4n) is 3.78. The van der Waals surface area contributed by atoms with Crippen LogP contribution in [0.5, 0.6) is 0 Å². The lowest BCUT2D eigenvalue weighted by molar-refractivity contribution is 0.0690. The molecule has 4 rings (SSSR count).